The Morgan fingerprint density at radius 2 is 1.61 bits per heavy atom. The molecule has 3 amide bonds. The van der Waals surface area contributed by atoms with Gasteiger partial charge in [-0.05, 0) is 87.3 Å². The Labute approximate surface area is 221 Å². The first-order valence-corrected chi connectivity index (χ1v) is 12.7. The van der Waals surface area contributed by atoms with E-state index in [1.165, 1.54) is 38.3 Å². The third-order valence-corrected chi connectivity index (χ3v) is 7.01. The third kappa shape index (κ3) is 7.18. The molecule has 38 heavy (non-hydrogen) atoms. The lowest BCUT2D eigenvalue weighted by Crippen LogP contribution is -2.57. The molecule has 3 heterocycles. The molecular formula is C28H33N5O5. The first-order chi connectivity index (χ1) is 18.3. The van der Waals surface area contributed by atoms with E-state index in [2.05, 4.69) is 32.7 Å². The number of anilines is 1. The molecule has 2 aromatic rings. The van der Waals surface area contributed by atoms with E-state index in [0.717, 1.165) is 12.1 Å². The number of carbonyl (C=O) groups is 3. The van der Waals surface area contributed by atoms with Gasteiger partial charge in [0.05, 0.1) is 12.6 Å². The number of fused-ring (bicyclic) bond motifs is 3. The zero-order valence-corrected chi connectivity index (χ0v) is 21.2. The summed E-state index contributed by atoms with van der Waals surface area (Å²) < 4.78 is 0. The van der Waals surface area contributed by atoms with Crippen molar-refractivity contribution >= 4 is 23.4 Å². The summed E-state index contributed by atoms with van der Waals surface area (Å²) in [5.74, 6) is 5.18. The van der Waals surface area contributed by atoms with Crippen molar-refractivity contribution < 1.29 is 24.7 Å². The van der Waals surface area contributed by atoms with Crippen LogP contribution in [-0.4, -0.2) is 77.3 Å². The van der Waals surface area contributed by atoms with Gasteiger partial charge in [0.1, 0.15) is 6.04 Å². The third-order valence-electron chi connectivity index (χ3n) is 7.01. The van der Waals surface area contributed by atoms with Crippen molar-refractivity contribution in [3.63, 3.8) is 0 Å². The average Bonchev–Trinajstić information content (AvgIpc) is 2.94. The van der Waals surface area contributed by atoms with E-state index < -0.39 is 24.0 Å². The summed E-state index contributed by atoms with van der Waals surface area (Å²) in [6, 6.07) is 12.8. The van der Waals surface area contributed by atoms with Crippen LogP contribution >= 0.6 is 0 Å². The topological polar surface area (TPSA) is 143 Å². The second-order valence-electron chi connectivity index (χ2n) is 9.75. The lowest BCUT2D eigenvalue weighted by atomic mass is 9.84. The van der Waals surface area contributed by atoms with Crippen LogP contribution in [0.1, 0.15) is 41.3 Å². The minimum absolute atomic E-state index is 0.0684. The van der Waals surface area contributed by atoms with Crippen molar-refractivity contribution in [3.05, 3.63) is 65.2 Å². The first-order valence-electron chi connectivity index (χ1n) is 12.7. The number of piperidine rings is 3. The van der Waals surface area contributed by atoms with Crippen molar-refractivity contribution in [2.24, 2.45) is 5.92 Å². The molecule has 2 bridgehead atoms. The second kappa shape index (κ2) is 12.7. The maximum absolute atomic E-state index is 12.4. The molecule has 10 heteroatoms. The number of carbonyl (C=O) groups excluding carboxylic acids is 3. The Bertz CT molecular complexity index is 1190. The Balaban J connectivity index is 1.26. The summed E-state index contributed by atoms with van der Waals surface area (Å²) in [5, 5.41) is 27.1. The molecule has 5 rings (SSSR count). The zero-order chi connectivity index (χ0) is 27.1. The number of rotatable bonds is 8. The molecule has 0 radical (unpaired) electrons. The lowest BCUT2D eigenvalue weighted by molar-refractivity contribution is -0.133. The van der Waals surface area contributed by atoms with E-state index in [1.807, 2.05) is 24.3 Å². The van der Waals surface area contributed by atoms with Gasteiger partial charge in [0, 0.05) is 35.0 Å². The van der Waals surface area contributed by atoms with Crippen LogP contribution in [0.3, 0.4) is 0 Å². The molecule has 0 aliphatic carbocycles. The fraction of sp³-hybridized carbons (Fsp3) is 0.393. The number of hydrogen-bond donors (Lipinski definition) is 6. The largest absolute Gasteiger partial charge is 0.391 e. The number of aliphatic hydroxyl groups is 1. The molecule has 3 atom stereocenters. The van der Waals surface area contributed by atoms with E-state index in [-0.39, 0.29) is 11.5 Å². The molecular weight excluding hydrogens is 486 g/mol. The van der Waals surface area contributed by atoms with Gasteiger partial charge in [-0.1, -0.05) is 11.8 Å². The van der Waals surface area contributed by atoms with Gasteiger partial charge in [-0.3, -0.25) is 19.6 Å². The smallest absolute Gasteiger partial charge is 0.268 e. The van der Waals surface area contributed by atoms with Gasteiger partial charge in [0.15, 0.2) is 0 Å². The minimum Gasteiger partial charge on any atom is -0.391 e. The number of hydroxylamine groups is 1. The number of nitrogens with zero attached hydrogens (tertiary/aromatic N) is 1. The van der Waals surface area contributed by atoms with E-state index in [0.29, 0.717) is 29.8 Å². The van der Waals surface area contributed by atoms with Crippen molar-refractivity contribution in [2.75, 3.05) is 31.5 Å². The van der Waals surface area contributed by atoms with Gasteiger partial charge < -0.3 is 26.0 Å². The van der Waals surface area contributed by atoms with E-state index in [9.17, 15) is 19.5 Å². The number of amides is 3. The summed E-state index contributed by atoms with van der Waals surface area (Å²) in [4.78, 5) is 38.8. The highest BCUT2D eigenvalue weighted by Crippen LogP contribution is 2.27. The molecule has 200 valence electrons. The molecule has 3 saturated heterocycles. The molecule has 3 aliphatic rings. The molecule has 0 unspecified atom stereocenters. The Hall–Kier alpha value is -3.75. The average molecular weight is 520 g/mol. The number of aliphatic hydroxyl groups excluding tert-OH is 1. The molecule has 0 spiro atoms. The highest BCUT2D eigenvalue weighted by Gasteiger charge is 2.33. The van der Waals surface area contributed by atoms with Gasteiger partial charge in [0.2, 0.25) is 5.91 Å². The van der Waals surface area contributed by atoms with Crippen LogP contribution in [0.2, 0.25) is 0 Å². The molecule has 3 fully saturated rings. The van der Waals surface area contributed by atoms with Gasteiger partial charge in [-0.2, -0.15) is 0 Å². The molecule has 0 aromatic heterocycles. The highest BCUT2D eigenvalue weighted by atomic mass is 16.5. The maximum atomic E-state index is 12.4. The van der Waals surface area contributed by atoms with Crippen LogP contribution < -0.4 is 21.4 Å². The van der Waals surface area contributed by atoms with Gasteiger partial charge >= 0.3 is 0 Å². The number of hydrogen-bond acceptors (Lipinski definition) is 7. The molecule has 2 aromatic carbocycles. The fourth-order valence-electron chi connectivity index (χ4n) is 4.81. The summed E-state index contributed by atoms with van der Waals surface area (Å²) in [5.41, 5.74) is 3.85. The van der Waals surface area contributed by atoms with E-state index in [4.69, 9.17) is 5.21 Å². The molecule has 0 saturated carbocycles. The quantitative estimate of drug-likeness (QED) is 0.171. The van der Waals surface area contributed by atoms with Crippen LogP contribution in [-0.2, 0) is 9.59 Å². The van der Waals surface area contributed by atoms with E-state index in [1.54, 1.807) is 24.3 Å². The van der Waals surface area contributed by atoms with Crippen LogP contribution in [0.5, 0.6) is 0 Å². The summed E-state index contributed by atoms with van der Waals surface area (Å²) in [6.07, 6.45) is 1.22. The lowest BCUT2D eigenvalue weighted by Gasteiger charge is -2.45. The van der Waals surface area contributed by atoms with Crippen LogP contribution in [0.4, 0.5) is 5.69 Å². The summed E-state index contributed by atoms with van der Waals surface area (Å²) in [6.45, 7) is 4.99. The number of benzene rings is 2. The van der Waals surface area contributed by atoms with Gasteiger partial charge in [0.25, 0.3) is 11.8 Å². The molecule has 6 N–H and O–H groups in total. The van der Waals surface area contributed by atoms with Gasteiger partial charge in [-0.25, -0.2) is 5.48 Å². The van der Waals surface area contributed by atoms with Crippen molar-refractivity contribution in [2.45, 2.75) is 38.0 Å². The van der Waals surface area contributed by atoms with Crippen LogP contribution in [0.25, 0.3) is 0 Å². The Morgan fingerprint density at radius 3 is 2.13 bits per heavy atom. The number of nitrogens with one attached hydrogen (secondary N) is 4. The Morgan fingerprint density at radius 1 is 1.00 bits per heavy atom. The van der Waals surface area contributed by atoms with Gasteiger partial charge in [-0.15, -0.1) is 0 Å². The zero-order valence-electron chi connectivity index (χ0n) is 21.2. The molecule has 3 aliphatic heterocycles. The maximum Gasteiger partial charge on any atom is 0.268 e. The monoisotopic (exact) mass is 519 g/mol. The van der Waals surface area contributed by atoms with Crippen molar-refractivity contribution in [1.29, 1.82) is 0 Å². The minimum atomic E-state index is -1.29. The van der Waals surface area contributed by atoms with Crippen molar-refractivity contribution in [1.82, 2.24) is 21.0 Å². The standard InChI is InChI=1S/C28H33N5O5/c1-18(34)26(28(37)32-38)31-27(36)22-8-4-19(5-9-22)2-3-20-6-10-23(11-7-20)30-25(35)16-29-24-17-33-14-12-21(24)13-15-33/h4-11,18,21,24,26,29,34,38H,12-17H2,1H3,(H,30,35)(H,31,36)(H,32,37)/t18-,24-,26+/m1/s1. The first kappa shape index (κ1) is 27.3. The SMILES string of the molecule is C[C@@H](O)[C@H](NC(=O)c1ccc(C#Cc2ccc(NC(=O)CN[C@@H]3CN4CCC3CC4)cc2)cc1)C(=O)NO. The molecule has 10 nitrogen and oxygen atoms in total. The predicted molar refractivity (Wildman–Crippen MR) is 141 cm³/mol. The van der Waals surface area contributed by atoms with Crippen LogP contribution in [0, 0.1) is 17.8 Å². The fourth-order valence-corrected chi connectivity index (χ4v) is 4.81. The van der Waals surface area contributed by atoms with E-state index >= 15 is 0 Å². The summed E-state index contributed by atoms with van der Waals surface area (Å²) >= 11 is 0. The normalized spacial score (nSPS) is 21.4. The van der Waals surface area contributed by atoms with Crippen molar-refractivity contribution in [3.8, 4) is 11.8 Å². The summed E-state index contributed by atoms with van der Waals surface area (Å²) in [7, 11) is 0. The predicted octanol–water partition coefficient (Wildman–Crippen LogP) is 0.693. The highest BCUT2D eigenvalue weighted by molar-refractivity contribution is 5.97. The Kier molecular flexibility index (Phi) is 9.10. The van der Waals surface area contributed by atoms with Crippen LogP contribution in [0.15, 0.2) is 48.5 Å². The second-order valence-corrected chi connectivity index (χ2v) is 9.75.